The van der Waals surface area contributed by atoms with Crippen molar-refractivity contribution in [1.29, 1.82) is 0 Å². The Hall–Kier alpha value is -1.29. The highest BCUT2D eigenvalue weighted by Crippen LogP contribution is 2.09. The molecule has 1 aliphatic heterocycles. The van der Waals surface area contributed by atoms with Crippen LogP contribution in [0, 0.1) is 0 Å². The van der Waals surface area contributed by atoms with E-state index in [1.165, 1.54) is 6.08 Å². The van der Waals surface area contributed by atoms with Gasteiger partial charge in [0.2, 0.25) is 5.72 Å². The first-order valence-corrected chi connectivity index (χ1v) is 3.21. The van der Waals surface area contributed by atoms with Crippen LogP contribution < -0.4 is 11.1 Å². The van der Waals surface area contributed by atoms with E-state index in [-0.39, 0.29) is 0 Å². The van der Waals surface area contributed by atoms with Crippen LogP contribution in [0.2, 0.25) is 0 Å². The fraction of sp³-hybridized carbons (Fsp3) is 0.286. The van der Waals surface area contributed by atoms with Gasteiger partial charge in [-0.15, -0.1) is 0 Å². The number of carbonyl (C=O) groups excluding carboxylic acids is 1. The Bertz CT molecular complexity index is 245. The number of amides is 1. The van der Waals surface area contributed by atoms with Crippen molar-refractivity contribution in [2.75, 3.05) is 0 Å². The van der Waals surface area contributed by atoms with Crippen molar-refractivity contribution in [3.8, 4) is 0 Å². The summed E-state index contributed by atoms with van der Waals surface area (Å²) >= 11 is 0. The molecular weight excluding hydrogens is 144 g/mol. The number of primary amides is 1. The molecule has 1 unspecified atom stereocenters. The summed E-state index contributed by atoms with van der Waals surface area (Å²) in [5.74, 6) is -0.804. The standard InChI is InChI=1S/C7H10N2O2/c1-5-3-2-4-7(11,9-5)6(8)10/h2-4,9,11H,1H3,(H2,8,10). The molecule has 0 bridgehead atoms. The SMILES string of the molecule is CC1=CC=CC(O)(C(N)=O)N1. The second kappa shape index (κ2) is 2.39. The van der Waals surface area contributed by atoms with E-state index in [4.69, 9.17) is 5.73 Å². The van der Waals surface area contributed by atoms with Gasteiger partial charge in [0, 0.05) is 5.70 Å². The largest absolute Gasteiger partial charge is 0.365 e. The first-order valence-electron chi connectivity index (χ1n) is 3.21. The fourth-order valence-corrected chi connectivity index (χ4v) is 0.859. The Morgan fingerprint density at radius 3 is 2.82 bits per heavy atom. The highest BCUT2D eigenvalue weighted by atomic mass is 16.3. The number of allylic oxidation sites excluding steroid dienone is 3. The Morgan fingerprint density at radius 2 is 2.45 bits per heavy atom. The lowest BCUT2D eigenvalue weighted by atomic mass is 10.1. The Kier molecular flexibility index (Phi) is 1.70. The molecule has 4 nitrogen and oxygen atoms in total. The zero-order chi connectivity index (χ0) is 8.48. The maximum Gasteiger partial charge on any atom is 0.274 e. The van der Waals surface area contributed by atoms with Crippen LogP contribution in [0.15, 0.2) is 23.9 Å². The van der Waals surface area contributed by atoms with Gasteiger partial charge in [0.05, 0.1) is 0 Å². The zero-order valence-electron chi connectivity index (χ0n) is 6.16. The summed E-state index contributed by atoms with van der Waals surface area (Å²) in [7, 11) is 0. The summed E-state index contributed by atoms with van der Waals surface area (Å²) in [4.78, 5) is 10.7. The van der Waals surface area contributed by atoms with E-state index < -0.39 is 11.6 Å². The number of hydrogen-bond acceptors (Lipinski definition) is 3. The summed E-state index contributed by atoms with van der Waals surface area (Å²) in [6, 6.07) is 0. The summed E-state index contributed by atoms with van der Waals surface area (Å²) in [5.41, 5.74) is 3.93. The molecule has 4 N–H and O–H groups in total. The zero-order valence-corrected chi connectivity index (χ0v) is 6.16. The van der Waals surface area contributed by atoms with E-state index in [1.54, 1.807) is 19.1 Å². The first kappa shape index (κ1) is 7.81. The molecule has 0 aromatic rings. The summed E-state index contributed by atoms with van der Waals surface area (Å²) < 4.78 is 0. The lowest BCUT2D eigenvalue weighted by Crippen LogP contribution is -2.54. The molecule has 0 radical (unpaired) electrons. The number of dihydropyridines is 1. The van der Waals surface area contributed by atoms with Crippen LogP contribution >= 0.6 is 0 Å². The minimum atomic E-state index is -1.71. The predicted octanol–water partition coefficient (Wildman–Crippen LogP) is -0.776. The molecule has 60 valence electrons. The van der Waals surface area contributed by atoms with Gasteiger partial charge in [-0.1, -0.05) is 6.08 Å². The van der Waals surface area contributed by atoms with Gasteiger partial charge in [-0.2, -0.15) is 0 Å². The number of nitrogens with two attached hydrogens (primary N) is 1. The Balaban J connectivity index is 2.86. The quantitative estimate of drug-likeness (QED) is 0.464. The molecular formula is C7H10N2O2. The molecule has 0 aromatic carbocycles. The van der Waals surface area contributed by atoms with Crippen LogP contribution in [0.25, 0.3) is 0 Å². The topological polar surface area (TPSA) is 75.3 Å². The van der Waals surface area contributed by atoms with Crippen molar-refractivity contribution >= 4 is 5.91 Å². The molecule has 1 amide bonds. The number of nitrogens with one attached hydrogen (secondary N) is 1. The molecule has 1 heterocycles. The molecule has 0 aromatic heterocycles. The average Bonchev–Trinajstić information content (AvgIpc) is 1.86. The molecule has 0 fully saturated rings. The fourth-order valence-electron chi connectivity index (χ4n) is 0.859. The van der Waals surface area contributed by atoms with Crippen molar-refractivity contribution in [2.24, 2.45) is 5.73 Å². The molecule has 0 aliphatic carbocycles. The molecule has 11 heavy (non-hydrogen) atoms. The van der Waals surface area contributed by atoms with E-state index in [2.05, 4.69) is 5.32 Å². The molecule has 1 rings (SSSR count). The van der Waals surface area contributed by atoms with Crippen molar-refractivity contribution in [3.63, 3.8) is 0 Å². The lowest BCUT2D eigenvalue weighted by Gasteiger charge is -2.25. The summed E-state index contributed by atoms with van der Waals surface area (Å²) in [6.07, 6.45) is 4.62. The molecule has 0 saturated carbocycles. The molecule has 0 saturated heterocycles. The van der Waals surface area contributed by atoms with Gasteiger partial charge in [0.15, 0.2) is 0 Å². The summed E-state index contributed by atoms with van der Waals surface area (Å²) in [6.45, 7) is 1.73. The maximum atomic E-state index is 10.7. The van der Waals surface area contributed by atoms with E-state index in [0.29, 0.717) is 5.70 Å². The van der Waals surface area contributed by atoms with Gasteiger partial charge < -0.3 is 16.2 Å². The molecule has 4 heteroatoms. The highest BCUT2D eigenvalue weighted by Gasteiger charge is 2.31. The van der Waals surface area contributed by atoms with Crippen LogP contribution in [-0.2, 0) is 4.79 Å². The van der Waals surface area contributed by atoms with Crippen LogP contribution in [0.3, 0.4) is 0 Å². The van der Waals surface area contributed by atoms with E-state index in [1.807, 2.05) is 0 Å². The third-order valence-electron chi connectivity index (χ3n) is 1.45. The molecule has 1 atom stereocenters. The van der Waals surface area contributed by atoms with E-state index in [9.17, 15) is 9.90 Å². The second-order valence-corrected chi connectivity index (χ2v) is 2.46. The van der Waals surface area contributed by atoms with Crippen LogP contribution in [-0.4, -0.2) is 16.7 Å². The average molecular weight is 154 g/mol. The smallest absolute Gasteiger partial charge is 0.274 e. The molecule has 0 spiro atoms. The van der Waals surface area contributed by atoms with E-state index >= 15 is 0 Å². The number of carbonyl (C=O) groups is 1. The summed E-state index contributed by atoms with van der Waals surface area (Å²) in [5, 5.41) is 12.0. The van der Waals surface area contributed by atoms with Crippen molar-refractivity contribution in [3.05, 3.63) is 23.9 Å². The lowest BCUT2D eigenvalue weighted by molar-refractivity contribution is -0.133. The Labute approximate surface area is 64.4 Å². The van der Waals surface area contributed by atoms with Gasteiger partial charge >= 0.3 is 0 Å². The minimum absolute atomic E-state index is 0.703. The number of rotatable bonds is 1. The predicted molar refractivity (Wildman–Crippen MR) is 40.2 cm³/mol. The van der Waals surface area contributed by atoms with Crippen molar-refractivity contribution in [2.45, 2.75) is 12.6 Å². The van der Waals surface area contributed by atoms with Crippen molar-refractivity contribution in [1.82, 2.24) is 5.32 Å². The Morgan fingerprint density at radius 1 is 1.82 bits per heavy atom. The normalized spacial score (nSPS) is 29.1. The van der Waals surface area contributed by atoms with Gasteiger partial charge in [-0.3, -0.25) is 4.79 Å². The van der Waals surface area contributed by atoms with Crippen LogP contribution in [0.5, 0.6) is 0 Å². The van der Waals surface area contributed by atoms with Gasteiger partial charge in [-0.25, -0.2) is 0 Å². The van der Waals surface area contributed by atoms with Crippen molar-refractivity contribution < 1.29 is 9.90 Å². The monoisotopic (exact) mass is 154 g/mol. The second-order valence-electron chi connectivity index (χ2n) is 2.46. The highest BCUT2D eigenvalue weighted by molar-refractivity contribution is 5.85. The van der Waals surface area contributed by atoms with Crippen LogP contribution in [0.1, 0.15) is 6.92 Å². The minimum Gasteiger partial charge on any atom is -0.365 e. The number of hydrogen-bond donors (Lipinski definition) is 3. The van der Waals surface area contributed by atoms with Gasteiger partial charge in [-0.05, 0) is 19.1 Å². The molecule has 1 aliphatic rings. The third-order valence-corrected chi connectivity index (χ3v) is 1.45. The first-order chi connectivity index (χ1) is 5.04. The number of aliphatic hydroxyl groups is 1. The van der Waals surface area contributed by atoms with Gasteiger partial charge in [0.25, 0.3) is 5.91 Å². The third kappa shape index (κ3) is 1.40. The van der Waals surface area contributed by atoms with Gasteiger partial charge in [0.1, 0.15) is 0 Å². The maximum absolute atomic E-state index is 10.7. The van der Waals surface area contributed by atoms with E-state index in [0.717, 1.165) is 0 Å². The van der Waals surface area contributed by atoms with Crippen LogP contribution in [0.4, 0.5) is 0 Å².